The van der Waals surface area contributed by atoms with Gasteiger partial charge < -0.3 is 9.64 Å². The van der Waals surface area contributed by atoms with Crippen molar-refractivity contribution in [2.45, 2.75) is 5.41 Å². The zero-order valence-electron chi connectivity index (χ0n) is 28.9. The molecule has 11 rings (SSSR count). The van der Waals surface area contributed by atoms with Crippen LogP contribution in [-0.4, -0.2) is 0 Å². The van der Waals surface area contributed by atoms with Crippen LogP contribution in [0.2, 0.25) is 0 Å². The van der Waals surface area contributed by atoms with E-state index in [0.29, 0.717) is 0 Å². The van der Waals surface area contributed by atoms with Crippen LogP contribution in [0.3, 0.4) is 0 Å². The normalized spacial score (nSPS) is 15.0. The Bertz CT molecular complexity index is 2870. The van der Waals surface area contributed by atoms with Crippen molar-refractivity contribution in [2.75, 3.05) is 4.90 Å². The van der Waals surface area contributed by atoms with Crippen LogP contribution in [0.25, 0.3) is 43.8 Å². The van der Waals surface area contributed by atoms with Gasteiger partial charge in [0.05, 0.1) is 11.1 Å². The maximum atomic E-state index is 7.02. The third-order valence-corrected chi connectivity index (χ3v) is 11.3. The molecule has 0 radical (unpaired) electrons. The summed E-state index contributed by atoms with van der Waals surface area (Å²) in [6.45, 7) is 0. The molecule has 53 heavy (non-hydrogen) atoms. The van der Waals surface area contributed by atoms with Gasteiger partial charge in [-0.3, -0.25) is 0 Å². The van der Waals surface area contributed by atoms with Gasteiger partial charge >= 0.3 is 0 Å². The first-order valence-corrected chi connectivity index (χ1v) is 18.3. The minimum absolute atomic E-state index is 0.580. The summed E-state index contributed by atoms with van der Waals surface area (Å²) < 4.78 is 7.02. The Balaban J connectivity index is 1.21. The van der Waals surface area contributed by atoms with Gasteiger partial charge in [0.15, 0.2) is 0 Å². The second-order valence-corrected chi connectivity index (χ2v) is 14.0. The molecule has 1 spiro atoms. The lowest BCUT2D eigenvalue weighted by Gasteiger charge is -2.45. The Kier molecular flexibility index (Phi) is 6.50. The second kappa shape index (κ2) is 11.6. The Labute approximate surface area is 308 Å². The Hall–Kier alpha value is -6.90. The van der Waals surface area contributed by atoms with Crippen LogP contribution in [0.5, 0.6) is 11.5 Å². The molecular weight excluding hydrogens is 643 g/mol. The fourth-order valence-electron chi connectivity index (χ4n) is 9.18. The van der Waals surface area contributed by atoms with Gasteiger partial charge in [-0.25, -0.2) is 0 Å². The number of nitrogens with zero attached hydrogens (tertiary/aromatic N) is 1. The van der Waals surface area contributed by atoms with Gasteiger partial charge in [0.25, 0.3) is 0 Å². The third-order valence-electron chi connectivity index (χ3n) is 11.3. The highest BCUT2D eigenvalue weighted by molar-refractivity contribution is 6.07. The molecule has 0 N–H and O–H groups in total. The van der Waals surface area contributed by atoms with E-state index >= 15 is 0 Å². The number of hydrogen-bond acceptors (Lipinski definition) is 2. The summed E-state index contributed by atoms with van der Waals surface area (Å²) in [6.07, 6.45) is 0. The van der Waals surface area contributed by atoms with Gasteiger partial charge in [0.1, 0.15) is 11.5 Å². The van der Waals surface area contributed by atoms with E-state index in [1.165, 1.54) is 54.9 Å². The summed E-state index contributed by atoms with van der Waals surface area (Å²) in [4.78, 5) is 2.39. The molecule has 0 saturated carbocycles. The second-order valence-electron chi connectivity index (χ2n) is 14.0. The van der Waals surface area contributed by atoms with E-state index in [9.17, 15) is 0 Å². The van der Waals surface area contributed by atoms with Crippen molar-refractivity contribution >= 4 is 38.6 Å². The molecule has 9 aromatic carbocycles. The van der Waals surface area contributed by atoms with E-state index in [2.05, 4.69) is 205 Å². The Morgan fingerprint density at radius 3 is 1.91 bits per heavy atom. The summed E-state index contributed by atoms with van der Waals surface area (Å²) in [5.41, 5.74) is 12.4. The number of hydrogen-bond donors (Lipinski definition) is 0. The lowest BCUT2D eigenvalue weighted by atomic mass is 9.58. The molecule has 2 heteroatoms. The van der Waals surface area contributed by atoms with Crippen molar-refractivity contribution in [3.05, 3.63) is 222 Å². The van der Waals surface area contributed by atoms with Gasteiger partial charge in [0, 0.05) is 34.1 Å². The van der Waals surface area contributed by atoms with Gasteiger partial charge in [-0.15, -0.1) is 0 Å². The molecule has 1 atom stereocenters. The van der Waals surface area contributed by atoms with E-state index in [1.54, 1.807) is 0 Å². The molecular formula is C51H33NO. The minimum Gasteiger partial charge on any atom is -0.457 e. The molecule has 248 valence electrons. The van der Waals surface area contributed by atoms with Crippen LogP contribution < -0.4 is 9.64 Å². The number of rotatable bonds is 4. The van der Waals surface area contributed by atoms with Gasteiger partial charge in [-0.2, -0.15) is 0 Å². The van der Waals surface area contributed by atoms with Crippen molar-refractivity contribution in [3.8, 4) is 33.8 Å². The fraction of sp³-hybridized carbons (Fsp3) is 0.0196. The van der Waals surface area contributed by atoms with Crippen LogP contribution in [-0.2, 0) is 5.41 Å². The number of fused-ring (bicyclic) bond motifs is 9. The number of para-hydroxylation sites is 2. The lowest BCUT2D eigenvalue weighted by molar-refractivity contribution is 0.435. The third kappa shape index (κ3) is 4.27. The first-order valence-electron chi connectivity index (χ1n) is 18.3. The van der Waals surface area contributed by atoms with Gasteiger partial charge in [-0.1, -0.05) is 164 Å². The summed E-state index contributed by atoms with van der Waals surface area (Å²) >= 11 is 0. The summed E-state index contributed by atoms with van der Waals surface area (Å²) in [7, 11) is 0. The van der Waals surface area contributed by atoms with Crippen LogP contribution in [0.1, 0.15) is 22.3 Å². The van der Waals surface area contributed by atoms with Crippen LogP contribution in [0.4, 0.5) is 17.1 Å². The first kappa shape index (κ1) is 29.8. The molecule has 1 unspecified atom stereocenters. The number of ether oxygens (including phenoxy) is 1. The highest BCUT2D eigenvalue weighted by Crippen LogP contribution is 2.61. The molecule has 2 aliphatic rings. The SMILES string of the molecule is c1ccc(-c2c(N(c3ccccc3)c3ccc4c(c3)Oc3ccccc3C43c4ccccc4-c4cccc5cccc3c45)ccc3ccccc23)cc1. The maximum Gasteiger partial charge on any atom is 0.134 e. The minimum atomic E-state index is -0.580. The monoisotopic (exact) mass is 675 g/mol. The van der Waals surface area contributed by atoms with Crippen LogP contribution in [0, 0.1) is 0 Å². The molecule has 0 aromatic heterocycles. The van der Waals surface area contributed by atoms with Crippen molar-refractivity contribution < 1.29 is 4.74 Å². The van der Waals surface area contributed by atoms with Crippen molar-refractivity contribution in [1.82, 2.24) is 0 Å². The molecule has 0 saturated heterocycles. The molecule has 1 aliphatic heterocycles. The number of anilines is 3. The first-order chi connectivity index (χ1) is 26.3. The highest BCUT2D eigenvalue weighted by atomic mass is 16.5. The largest absolute Gasteiger partial charge is 0.457 e. The van der Waals surface area contributed by atoms with E-state index in [0.717, 1.165) is 39.7 Å². The average molecular weight is 676 g/mol. The van der Waals surface area contributed by atoms with Crippen molar-refractivity contribution in [2.24, 2.45) is 0 Å². The summed E-state index contributed by atoms with van der Waals surface area (Å²) in [5.74, 6) is 1.74. The zero-order valence-corrected chi connectivity index (χ0v) is 28.9. The predicted molar refractivity (Wildman–Crippen MR) is 219 cm³/mol. The molecule has 1 aliphatic carbocycles. The van der Waals surface area contributed by atoms with E-state index < -0.39 is 5.41 Å². The van der Waals surface area contributed by atoms with Gasteiger partial charge in [-0.05, 0) is 79.7 Å². The van der Waals surface area contributed by atoms with E-state index in [4.69, 9.17) is 4.74 Å². The molecule has 0 amide bonds. The number of benzene rings is 9. The van der Waals surface area contributed by atoms with E-state index in [1.807, 2.05) is 0 Å². The van der Waals surface area contributed by atoms with Crippen LogP contribution in [0.15, 0.2) is 200 Å². The molecule has 2 nitrogen and oxygen atoms in total. The lowest BCUT2D eigenvalue weighted by Crippen LogP contribution is -2.36. The molecule has 0 fully saturated rings. The quantitative estimate of drug-likeness (QED) is 0.184. The highest BCUT2D eigenvalue weighted by Gasteiger charge is 2.49. The van der Waals surface area contributed by atoms with Gasteiger partial charge in [0.2, 0.25) is 0 Å². The fourth-order valence-corrected chi connectivity index (χ4v) is 9.18. The average Bonchev–Trinajstić information content (AvgIpc) is 3.23. The Morgan fingerprint density at radius 2 is 1.04 bits per heavy atom. The predicted octanol–water partition coefficient (Wildman–Crippen LogP) is 13.6. The summed E-state index contributed by atoms with van der Waals surface area (Å²) in [6, 6.07) is 72.6. The van der Waals surface area contributed by atoms with Crippen molar-refractivity contribution in [1.29, 1.82) is 0 Å². The van der Waals surface area contributed by atoms with Crippen molar-refractivity contribution in [3.63, 3.8) is 0 Å². The molecule has 0 bridgehead atoms. The standard InChI is InChI=1S/C51H33NO/c1-3-16-36(17-4-1)50-39-22-8-7-15-34(39)29-32-46(50)52(37-20-5-2-6-21-37)38-30-31-44-48(33-38)53-47-28-12-11-26-43(47)51(44)42-25-10-9-23-40(42)41-24-13-18-35-19-14-27-45(51)49(35)41/h1-33H. The maximum absolute atomic E-state index is 7.02. The molecule has 1 heterocycles. The smallest absolute Gasteiger partial charge is 0.134 e. The summed E-state index contributed by atoms with van der Waals surface area (Å²) in [5, 5.41) is 4.97. The van der Waals surface area contributed by atoms with Crippen LogP contribution >= 0.6 is 0 Å². The zero-order chi connectivity index (χ0) is 34.9. The topological polar surface area (TPSA) is 12.5 Å². The Morgan fingerprint density at radius 1 is 0.396 bits per heavy atom. The molecule has 9 aromatic rings. The van der Waals surface area contributed by atoms with E-state index in [-0.39, 0.29) is 0 Å².